The highest BCUT2D eigenvalue weighted by Gasteiger charge is 2.32. The normalized spacial score (nSPS) is 12.9. The van der Waals surface area contributed by atoms with Crippen LogP contribution in [0.1, 0.15) is 31.9 Å². The SMILES string of the molecule is CC(C)(C)N(Cc1ccc(OC(F)(F)F)cc1)Cc1ccc(OC(F)(F)F)cc1. The Bertz CT molecular complexity index is 716. The summed E-state index contributed by atoms with van der Waals surface area (Å²) in [4.78, 5) is 2.05. The van der Waals surface area contributed by atoms with E-state index in [1.54, 1.807) is 24.3 Å². The van der Waals surface area contributed by atoms with Crippen molar-refractivity contribution in [3.05, 3.63) is 59.7 Å². The van der Waals surface area contributed by atoms with Crippen LogP contribution in [0.25, 0.3) is 0 Å². The van der Waals surface area contributed by atoms with Crippen molar-refractivity contribution in [1.82, 2.24) is 4.90 Å². The van der Waals surface area contributed by atoms with E-state index in [1.807, 2.05) is 25.7 Å². The van der Waals surface area contributed by atoms with Gasteiger partial charge in [-0.15, -0.1) is 26.3 Å². The van der Waals surface area contributed by atoms with Crippen molar-refractivity contribution < 1.29 is 35.8 Å². The average molecular weight is 421 g/mol. The zero-order valence-electron chi connectivity index (χ0n) is 16.1. The van der Waals surface area contributed by atoms with Crippen LogP contribution in [-0.4, -0.2) is 23.2 Å². The average Bonchev–Trinajstić information content (AvgIpc) is 2.54. The predicted octanol–water partition coefficient (Wildman–Crippen LogP) is 6.28. The van der Waals surface area contributed by atoms with Gasteiger partial charge < -0.3 is 9.47 Å². The molecule has 0 saturated heterocycles. The molecule has 160 valence electrons. The highest BCUT2D eigenvalue weighted by atomic mass is 19.4. The van der Waals surface area contributed by atoms with Gasteiger partial charge in [-0.3, -0.25) is 4.90 Å². The molecule has 0 N–H and O–H groups in total. The Labute approximate surface area is 164 Å². The zero-order chi connectivity index (χ0) is 21.9. The Kier molecular flexibility index (Phi) is 6.72. The smallest absolute Gasteiger partial charge is 0.406 e. The highest BCUT2D eigenvalue weighted by Crippen LogP contribution is 2.27. The number of hydrogen-bond acceptors (Lipinski definition) is 3. The molecule has 2 rings (SSSR count). The van der Waals surface area contributed by atoms with Crippen LogP contribution in [0.4, 0.5) is 26.3 Å². The van der Waals surface area contributed by atoms with Crippen molar-refractivity contribution in [3.8, 4) is 11.5 Å². The second kappa shape index (κ2) is 8.52. The Balaban J connectivity index is 2.08. The first-order chi connectivity index (χ1) is 13.2. The summed E-state index contributed by atoms with van der Waals surface area (Å²) >= 11 is 0. The van der Waals surface area contributed by atoms with Crippen molar-refractivity contribution in [1.29, 1.82) is 0 Å². The molecule has 3 nitrogen and oxygen atoms in total. The summed E-state index contributed by atoms with van der Waals surface area (Å²) in [6, 6.07) is 11.1. The van der Waals surface area contributed by atoms with E-state index >= 15 is 0 Å². The Morgan fingerprint density at radius 3 is 1.17 bits per heavy atom. The fourth-order valence-electron chi connectivity index (χ4n) is 2.56. The molecule has 9 heteroatoms. The summed E-state index contributed by atoms with van der Waals surface area (Å²) in [6.07, 6.45) is -9.50. The molecule has 0 saturated carbocycles. The molecule has 0 aromatic heterocycles. The molecule has 0 unspecified atom stereocenters. The molecule has 0 aliphatic rings. The lowest BCUT2D eigenvalue weighted by Crippen LogP contribution is -2.40. The zero-order valence-corrected chi connectivity index (χ0v) is 16.1. The fraction of sp³-hybridized carbons (Fsp3) is 0.400. The molecular weight excluding hydrogens is 400 g/mol. The monoisotopic (exact) mass is 421 g/mol. The Morgan fingerprint density at radius 2 is 0.931 bits per heavy atom. The molecule has 29 heavy (non-hydrogen) atoms. The van der Waals surface area contributed by atoms with E-state index in [0.717, 1.165) is 11.1 Å². The summed E-state index contributed by atoms with van der Waals surface area (Å²) in [5.41, 5.74) is 1.24. The molecule has 0 spiro atoms. The molecular formula is C20H21F6NO2. The number of alkyl halides is 6. The van der Waals surface area contributed by atoms with Crippen molar-refractivity contribution >= 4 is 0 Å². The lowest BCUT2D eigenvalue weighted by atomic mass is 10.0. The fourth-order valence-corrected chi connectivity index (χ4v) is 2.56. The molecule has 0 radical (unpaired) electrons. The third-order valence-corrected chi connectivity index (χ3v) is 4.01. The summed E-state index contributed by atoms with van der Waals surface area (Å²) in [7, 11) is 0. The van der Waals surface area contributed by atoms with Crippen molar-refractivity contribution in [2.45, 2.75) is 52.1 Å². The number of benzene rings is 2. The number of ether oxygens (including phenoxy) is 2. The van der Waals surface area contributed by atoms with E-state index in [2.05, 4.69) is 9.47 Å². The number of rotatable bonds is 6. The van der Waals surface area contributed by atoms with Gasteiger partial charge >= 0.3 is 12.7 Å². The maximum Gasteiger partial charge on any atom is 0.573 e. The Morgan fingerprint density at radius 1 is 0.621 bits per heavy atom. The lowest BCUT2D eigenvalue weighted by Gasteiger charge is -2.36. The van der Waals surface area contributed by atoms with Crippen LogP contribution in [0.5, 0.6) is 11.5 Å². The minimum absolute atomic E-state index is 0.302. The van der Waals surface area contributed by atoms with Crippen LogP contribution < -0.4 is 9.47 Å². The summed E-state index contributed by atoms with van der Waals surface area (Å²) in [5, 5.41) is 0. The van der Waals surface area contributed by atoms with Gasteiger partial charge in [-0.05, 0) is 56.2 Å². The van der Waals surface area contributed by atoms with E-state index in [1.165, 1.54) is 24.3 Å². The van der Waals surface area contributed by atoms with Gasteiger partial charge in [0.05, 0.1) is 0 Å². The van der Waals surface area contributed by atoms with Gasteiger partial charge in [0, 0.05) is 18.6 Å². The van der Waals surface area contributed by atoms with Gasteiger partial charge in [0.2, 0.25) is 0 Å². The van der Waals surface area contributed by atoms with Gasteiger partial charge in [-0.2, -0.15) is 0 Å². The summed E-state index contributed by atoms with van der Waals surface area (Å²) < 4.78 is 81.3. The van der Waals surface area contributed by atoms with Gasteiger partial charge in [0.15, 0.2) is 0 Å². The minimum Gasteiger partial charge on any atom is -0.406 e. The van der Waals surface area contributed by atoms with Gasteiger partial charge in [-0.25, -0.2) is 0 Å². The van der Waals surface area contributed by atoms with Crippen LogP contribution in [-0.2, 0) is 13.1 Å². The molecule has 0 fully saturated rings. The highest BCUT2D eigenvalue weighted by molar-refractivity contribution is 5.29. The minimum atomic E-state index is -4.75. The van der Waals surface area contributed by atoms with Crippen LogP contribution in [0.3, 0.4) is 0 Å². The van der Waals surface area contributed by atoms with Crippen LogP contribution in [0, 0.1) is 0 Å². The van der Waals surface area contributed by atoms with E-state index in [9.17, 15) is 26.3 Å². The second-order valence-corrected chi connectivity index (χ2v) is 7.41. The molecule has 0 heterocycles. The maximum atomic E-state index is 12.3. The van der Waals surface area contributed by atoms with Crippen LogP contribution >= 0.6 is 0 Å². The number of hydrogen-bond donors (Lipinski definition) is 0. The van der Waals surface area contributed by atoms with Gasteiger partial charge in [0.25, 0.3) is 0 Å². The summed E-state index contributed by atoms with van der Waals surface area (Å²) in [5.74, 6) is -0.604. The first-order valence-corrected chi connectivity index (χ1v) is 8.66. The maximum absolute atomic E-state index is 12.3. The number of nitrogens with zero attached hydrogens (tertiary/aromatic N) is 1. The third-order valence-electron chi connectivity index (χ3n) is 4.01. The first kappa shape index (κ1) is 22.9. The standard InChI is InChI=1S/C20H21F6NO2/c1-18(2,3)27(12-14-4-8-16(9-5-14)28-19(21,22)23)13-15-6-10-17(11-7-15)29-20(24,25)26/h4-11H,12-13H2,1-3H3. The predicted molar refractivity (Wildman–Crippen MR) is 95.3 cm³/mol. The van der Waals surface area contributed by atoms with Crippen LogP contribution in [0.2, 0.25) is 0 Å². The van der Waals surface area contributed by atoms with E-state index in [4.69, 9.17) is 0 Å². The van der Waals surface area contributed by atoms with Gasteiger partial charge in [0.1, 0.15) is 11.5 Å². The van der Waals surface area contributed by atoms with Crippen LogP contribution in [0.15, 0.2) is 48.5 Å². The molecule has 0 aliphatic carbocycles. The van der Waals surface area contributed by atoms with Crippen molar-refractivity contribution in [2.75, 3.05) is 0 Å². The summed E-state index contributed by atoms with van der Waals surface area (Å²) in [6.45, 7) is 6.76. The molecule has 0 amide bonds. The third kappa shape index (κ3) is 8.23. The van der Waals surface area contributed by atoms with E-state index in [0.29, 0.717) is 13.1 Å². The first-order valence-electron chi connectivity index (χ1n) is 8.66. The van der Waals surface area contributed by atoms with Gasteiger partial charge in [-0.1, -0.05) is 24.3 Å². The molecule has 0 aliphatic heterocycles. The molecule has 2 aromatic rings. The van der Waals surface area contributed by atoms with E-state index < -0.39 is 12.7 Å². The van der Waals surface area contributed by atoms with Crippen molar-refractivity contribution in [2.24, 2.45) is 0 Å². The lowest BCUT2D eigenvalue weighted by molar-refractivity contribution is -0.275. The molecule has 0 atom stereocenters. The largest absolute Gasteiger partial charge is 0.573 e. The quantitative estimate of drug-likeness (QED) is 0.512. The number of halogens is 6. The Hall–Kier alpha value is -2.42. The topological polar surface area (TPSA) is 21.7 Å². The molecule has 0 bridgehead atoms. The molecule has 2 aromatic carbocycles. The van der Waals surface area contributed by atoms with E-state index in [-0.39, 0.29) is 17.0 Å². The second-order valence-electron chi connectivity index (χ2n) is 7.41. The van der Waals surface area contributed by atoms with Crippen molar-refractivity contribution in [3.63, 3.8) is 0 Å².